The summed E-state index contributed by atoms with van der Waals surface area (Å²) in [5, 5.41) is 5.30. The number of methoxy groups -OCH3 is 1. The van der Waals surface area contributed by atoms with Crippen molar-refractivity contribution < 1.29 is 9.53 Å². The summed E-state index contributed by atoms with van der Waals surface area (Å²) < 4.78 is 5.28. The van der Waals surface area contributed by atoms with Crippen LogP contribution in [0.1, 0.15) is 31.2 Å². The summed E-state index contributed by atoms with van der Waals surface area (Å²) >= 11 is 0. The maximum absolute atomic E-state index is 12.8. The van der Waals surface area contributed by atoms with Crippen LogP contribution in [0, 0.1) is 0 Å². The Morgan fingerprint density at radius 1 is 1.00 bits per heavy atom. The minimum Gasteiger partial charge on any atom is -0.497 e. The van der Waals surface area contributed by atoms with Gasteiger partial charge in [-0.15, -0.1) is 0 Å². The highest BCUT2D eigenvalue weighted by molar-refractivity contribution is 5.97. The lowest BCUT2D eigenvalue weighted by atomic mass is 9.97. The number of fused-ring (bicyclic) bond motifs is 1. The number of nitrogens with zero attached hydrogens (tertiary/aromatic N) is 1. The van der Waals surface area contributed by atoms with Gasteiger partial charge in [0.25, 0.3) is 0 Å². The first-order chi connectivity index (χ1) is 13.6. The fourth-order valence-corrected chi connectivity index (χ4v) is 3.80. The Balaban J connectivity index is 1.50. The summed E-state index contributed by atoms with van der Waals surface area (Å²) in [5.74, 6) is 0.609. The number of ether oxygens (including phenoxy) is 1. The van der Waals surface area contributed by atoms with E-state index >= 15 is 0 Å². The Hall–Kier alpha value is -3.01. The van der Waals surface area contributed by atoms with Gasteiger partial charge in [0.05, 0.1) is 13.0 Å². The van der Waals surface area contributed by atoms with E-state index in [1.165, 1.54) is 18.5 Å². The van der Waals surface area contributed by atoms with Crippen LogP contribution in [0.3, 0.4) is 0 Å². The van der Waals surface area contributed by atoms with Gasteiger partial charge in [-0.05, 0) is 66.4 Å². The zero-order valence-corrected chi connectivity index (χ0v) is 16.4. The molecule has 1 aliphatic rings. The molecule has 4 heteroatoms. The average Bonchev–Trinajstić information content (AvgIpc) is 3.27. The molecule has 3 aromatic carbocycles. The molecular formula is C24H26N2O2. The number of carbonyl (C=O) groups excluding carboxylic acids is 1. The zero-order chi connectivity index (χ0) is 19.5. The predicted molar refractivity (Wildman–Crippen MR) is 115 cm³/mol. The number of carbonyl (C=O) groups is 1. The monoisotopic (exact) mass is 374 g/mol. The summed E-state index contributed by atoms with van der Waals surface area (Å²) in [7, 11) is 1.67. The van der Waals surface area contributed by atoms with Crippen molar-refractivity contribution in [2.45, 2.75) is 25.7 Å². The lowest BCUT2D eigenvalue weighted by Gasteiger charge is -2.19. The van der Waals surface area contributed by atoms with Crippen molar-refractivity contribution in [2.24, 2.45) is 0 Å². The second-order valence-corrected chi connectivity index (χ2v) is 7.43. The van der Waals surface area contributed by atoms with Crippen LogP contribution in [0.4, 0.5) is 11.4 Å². The molecule has 1 N–H and O–H groups in total. The standard InChI is InChI=1S/C24H26N2O2/c1-17(18-8-9-20-15-23(28-2)11-10-19(20)14-18)24(27)25-21-6-5-7-22(16-21)26-12-3-4-13-26/h5-11,14-17H,3-4,12-13H2,1-2H3,(H,25,27)/t17-/m0/s1. The molecule has 0 unspecified atom stereocenters. The van der Waals surface area contributed by atoms with E-state index in [-0.39, 0.29) is 11.8 Å². The van der Waals surface area contributed by atoms with Crippen LogP contribution in [0.5, 0.6) is 5.75 Å². The number of benzene rings is 3. The first kappa shape index (κ1) is 18.4. The van der Waals surface area contributed by atoms with Crippen LogP contribution < -0.4 is 15.0 Å². The second kappa shape index (κ2) is 7.93. The summed E-state index contributed by atoms with van der Waals surface area (Å²) in [6, 6.07) is 20.3. The third kappa shape index (κ3) is 3.81. The van der Waals surface area contributed by atoms with Crippen LogP contribution in [-0.2, 0) is 4.79 Å². The summed E-state index contributed by atoms with van der Waals surface area (Å²) in [4.78, 5) is 15.2. The Bertz CT molecular complexity index is 993. The molecule has 3 aromatic rings. The van der Waals surface area contributed by atoms with Crippen molar-refractivity contribution in [1.29, 1.82) is 0 Å². The fourth-order valence-electron chi connectivity index (χ4n) is 3.80. The SMILES string of the molecule is COc1ccc2cc([C@H](C)C(=O)Nc3cccc(N4CCCC4)c3)ccc2c1. The minimum absolute atomic E-state index is 0.00596. The Morgan fingerprint density at radius 2 is 1.75 bits per heavy atom. The zero-order valence-electron chi connectivity index (χ0n) is 16.4. The number of nitrogens with one attached hydrogen (secondary N) is 1. The van der Waals surface area contributed by atoms with Gasteiger partial charge in [0.1, 0.15) is 5.75 Å². The molecule has 4 nitrogen and oxygen atoms in total. The van der Waals surface area contributed by atoms with Crippen LogP contribution in [0.15, 0.2) is 60.7 Å². The van der Waals surface area contributed by atoms with E-state index in [1.54, 1.807) is 7.11 Å². The predicted octanol–water partition coefficient (Wildman–Crippen LogP) is 5.19. The van der Waals surface area contributed by atoms with E-state index in [0.29, 0.717) is 0 Å². The second-order valence-electron chi connectivity index (χ2n) is 7.43. The smallest absolute Gasteiger partial charge is 0.231 e. The first-order valence-electron chi connectivity index (χ1n) is 9.87. The third-order valence-corrected chi connectivity index (χ3v) is 5.55. The molecule has 1 fully saturated rings. The lowest BCUT2D eigenvalue weighted by molar-refractivity contribution is -0.117. The molecule has 1 amide bonds. The highest BCUT2D eigenvalue weighted by Gasteiger charge is 2.17. The van der Waals surface area contributed by atoms with Crippen LogP contribution in [-0.4, -0.2) is 26.1 Å². The molecule has 0 aromatic heterocycles. The number of hydrogen-bond acceptors (Lipinski definition) is 3. The van der Waals surface area contributed by atoms with E-state index in [2.05, 4.69) is 28.4 Å². The van der Waals surface area contributed by atoms with Crippen LogP contribution in [0.2, 0.25) is 0 Å². The van der Waals surface area contributed by atoms with Crippen molar-refractivity contribution >= 4 is 28.1 Å². The van der Waals surface area contributed by atoms with Gasteiger partial charge in [0.15, 0.2) is 0 Å². The Labute approximate surface area is 166 Å². The molecule has 0 aliphatic carbocycles. The van der Waals surface area contributed by atoms with Gasteiger partial charge in [0.2, 0.25) is 5.91 Å². The molecule has 0 saturated carbocycles. The van der Waals surface area contributed by atoms with E-state index in [0.717, 1.165) is 40.9 Å². The van der Waals surface area contributed by atoms with Crippen LogP contribution >= 0.6 is 0 Å². The molecule has 0 spiro atoms. The normalized spacial score (nSPS) is 14.9. The van der Waals surface area contributed by atoms with Crippen LogP contribution in [0.25, 0.3) is 10.8 Å². The molecule has 0 radical (unpaired) electrons. The number of amides is 1. The number of rotatable bonds is 5. The largest absolute Gasteiger partial charge is 0.497 e. The Morgan fingerprint density at radius 3 is 2.54 bits per heavy atom. The quantitative estimate of drug-likeness (QED) is 0.668. The molecule has 1 heterocycles. The first-order valence-corrected chi connectivity index (χ1v) is 9.87. The fraction of sp³-hybridized carbons (Fsp3) is 0.292. The molecule has 0 bridgehead atoms. The Kier molecular flexibility index (Phi) is 5.20. The highest BCUT2D eigenvalue weighted by Crippen LogP contribution is 2.27. The topological polar surface area (TPSA) is 41.6 Å². The highest BCUT2D eigenvalue weighted by atomic mass is 16.5. The van der Waals surface area contributed by atoms with E-state index in [1.807, 2.05) is 49.4 Å². The van der Waals surface area contributed by atoms with Crippen molar-refractivity contribution in [3.63, 3.8) is 0 Å². The third-order valence-electron chi connectivity index (χ3n) is 5.55. The number of anilines is 2. The maximum atomic E-state index is 12.8. The van der Waals surface area contributed by atoms with E-state index in [4.69, 9.17) is 4.74 Å². The van der Waals surface area contributed by atoms with E-state index in [9.17, 15) is 4.79 Å². The van der Waals surface area contributed by atoms with Crippen molar-refractivity contribution in [1.82, 2.24) is 0 Å². The molecule has 1 saturated heterocycles. The molecule has 144 valence electrons. The summed E-state index contributed by atoms with van der Waals surface area (Å²) in [6.45, 7) is 4.13. The van der Waals surface area contributed by atoms with Gasteiger partial charge in [-0.2, -0.15) is 0 Å². The van der Waals surface area contributed by atoms with E-state index < -0.39 is 0 Å². The average molecular weight is 374 g/mol. The van der Waals surface area contributed by atoms with Gasteiger partial charge in [-0.3, -0.25) is 4.79 Å². The van der Waals surface area contributed by atoms with Gasteiger partial charge in [-0.25, -0.2) is 0 Å². The van der Waals surface area contributed by atoms with Gasteiger partial charge in [-0.1, -0.05) is 30.3 Å². The van der Waals surface area contributed by atoms with Crippen molar-refractivity contribution in [3.8, 4) is 5.75 Å². The van der Waals surface area contributed by atoms with Gasteiger partial charge >= 0.3 is 0 Å². The lowest BCUT2D eigenvalue weighted by Crippen LogP contribution is -2.20. The minimum atomic E-state index is -0.234. The van der Waals surface area contributed by atoms with Crippen molar-refractivity contribution in [3.05, 3.63) is 66.2 Å². The maximum Gasteiger partial charge on any atom is 0.231 e. The molecule has 1 aliphatic heterocycles. The molecule has 4 rings (SSSR count). The molecule has 28 heavy (non-hydrogen) atoms. The van der Waals surface area contributed by atoms with Crippen molar-refractivity contribution in [2.75, 3.05) is 30.4 Å². The number of hydrogen-bond donors (Lipinski definition) is 1. The molecule has 1 atom stereocenters. The van der Waals surface area contributed by atoms with Gasteiger partial charge in [0, 0.05) is 24.5 Å². The molecular weight excluding hydrogens is 348 g/mol. The summed E-state index contributed by atoms with van der Waals surface area (Å²) in [6.07, 6.45) is 2.48. The summed E-state index contributed by atoms with van der Waals surface area (Å²) in [5.41, 5.74) is 3.04. The van der Waals surface area contributed by atoms with Gasteiger partial charge < -0.3 is 15.0 Å².